The smallest absolute Gasteiger partial charge is 0.323 e. The fourth-order valence-electron chi connectivity index (χ4n) is 2.22. The Morgan fingerprint density at radius 2 is 2.16 bits per heavy atom. The molecule has 5 nitrogen and oxygen atoms in total. The number of amidine groups is 1. The number of nitrogens with zero attached hydrogens (tertiary/aromatic N) is 1. The van der Waals surface area contributed by atoms with Gasteiger partial charge in [0.1, 0.15) is 17.6 Å². The number of carbonyl (C=O) groups is 1. The lowest BCUT2D eigenvalue weighted by molar-refractivity contribution is 0.190. The maximum atomic E-state index is 11.9. The molecule has 1 fully saturated rings. The standard InChI is InChI=1S/C13H16BrN3O2/c1-7(2)17-11(12(15)16-13(17)18)8-4-5-10(19-3)9(14)6-8/h4-7,11H,1-3H3,(H2,15,16,18). The van der Waals surface area contributed by atoms with Crippen LogP contribution in [0.3, 0.4) is 0 Å². The summed E-state index contributed by atoms with van der Waals surface area (Å²) < 4.78 is 6.00. The number of amides is 2. The Hall–Kier alpha value is -1.56. The lowest BCUT2D eigenvalue weighted by Crippen LogP contribution is -2.35. The first kappa shape index (κ1) is 13.9. The van der Waals surface area contributed by atoms with Gasteiger partial charge in [-0.25, -0.2) is 4.79 Å². The van der Waals surface area contributed by atoms with Crippen LogP contribution in [0.5, 0.6) is 5.75 Å². The molecule has 0 aromatic heterocycles. The van der Waals surface area contributed by atoms with E-state index in [4.69, 9.17) is 10.1 Å². The molecule has 0 bridgehead atoms. The van der Waals surface area contributed by atoms with Gasteiger partial charge >= 0.3 is 6.03 Å². The molecule has 2 rings (SSSR count). The summed E-state index contributed by atoms with van der Waals surface area (Å²) in [4.78, 5) is 13.5. The van der Waals surface area contributed by atoms with Crippen LogP contribution in [0.4, 0.5) is 4.79 Å². The summed E-state index contributed by atoms with van der Waals surface area (Å²) in [5.74, 6) is 0.930. The Kier molecular flexibility index (Phi) is 3.80. The lowest BCUT2D eigenvalue weighted by atomic mass is 10.0. The van der Waals surface area contributed by atoms with Crippen molar-refractivity contribution >= 4 is 27.8 Å². The average Bonchev–Trinajstić information content (AvgIpc) is 2.64. The molecule has 0 saturated carbocycles. The maximum absolute atomic E-state index is 11.9. The Balaban J connectivity index is 2.41. The Bertz CT molecular complexity index is 531. The van der Waals surface area contributed by atoms with Gasteiger partial charge in [-0.15, -0.1) is 0 Å². The largest absolute Gasteiger partial charge is 0.496 e. The average molecular weight is 326 g/mol. The number of hydrogen-bond donors (Lipinski definition) is 2. The van der Waals surface area contributed by atoms with Crippen LogP contribution in [0.25, 0.3) is 0 Å². The van der Waals surface area contributed by atoms with Crippen LogP contribution in [0.2, 0.25) is 0 Å². The van der Waals surface area contributed by atoms with E-state index in [1.807, 2.05) is 32.0 Å². The number of nitrogens with one attached hydrogen (secondary N) is 2. The van der Waals surface area contributed by atoms with E-state index >= 15 is 0 Å². The molecule has 102 valence electrons. The topological polar surface area (TPSA) is 65.4 Å². The maximum Gasteiger partial charge on any atom is 0.323 e. The van der Waals surface area contributed by atoms with Crippen LogP contribution in [-0.4, -0.2) is 29.9 Å². The summed E-state index contributed by atoms with van der Waals surface area (Å²) in [6.07, 6.45) is 0. The van der Waals surface area contributed by atoms with Gasteiger partial charge in [0.2, 0.25) is 0 Å². The molecule has 1 aromatic rings. The van der Waals surface area contributed by atoms with E-state index in [2.05, 4.69) is 21.2 Å². The molecule has 19 heavy (non-hydrogen) atoms. The second-order valence-electron chi connectivity index (χ2n) is 4.64. The molecule has 1 atom stereocenters. The van der Waals surface area contributed by atoms with E-state index in [1.165, 1.54) is 0 Å². The second-order valence-corrected chi connectivity index (χ2v) is 5.50. The molecule has 1 aliphatic heterocycles. The fourth-order valence-corrected chi connectivity index (χ4v) is 2.78. The molecule has 2 amide bonds. The highest BCUT2D eigenvalue weighted by Crippen LogP contribution is 2.33. The summed E-state index contributed by atoms with van der Waals surface area (Å²) in [5, 5.41) is 10.5. The van der Waals surface area contributed by atoms with Gasteiger partial charge in [-0.05, 0) is 47.5 Å². The molecule has 1 aromatic carbocycles. The highest BCUT2D eigenvalue weighted by Gasteiger charge is 2.38. The molecule has 1 aliphatic rings. The summed E-state index contributed by atoms with van der Waals surface area (Å²) in [6, 6.07) is 5.01. The summed E-state index contributed by atoms with van der Waals surface area (Å²) in [7, 11) is 1.60. The van der Waals surface area contributed by atoms with E-state index in [-0.39, 0.29) is 24.0 Å². The highest BCUT2D eigenvalue weighted by atomic mass is 79.9. The van der Waals surface area contributed by atoms with Crippen molar-refractivity contribution in [1.29, 1.82) is 5.41 Å². The number of rotatable bonds is 3. The molecule has 6 heteroatoms. The Morgan fingerprint density at radius 3 is 2.68 bits per heavy atom. The van der Waals surface area contributed by atoms with Crippen LogP contribution in [-0.2, 0) is 0 Å². The molecule has 0 aliphatic carbocycles. The van der Waals surface area contributed by atoms with Crippen LogP contribution in [0.15, 0.2) is 22.7 Å². The number of carbonyl (C=O) groups excluding carboxylic acids is 1. The minimum absolute atomic E-state index is 0.0220. The summed E-state index contributed by atoms with van der Waals surface area (Å²) >= 11 is 3.43. The lowest BCUT2D eigenvalue weighted by Gasteiger charge is -2.27. The van der Waals surface area contributed by atoms with Crippen LogP contribution in [0, 0.1) is 5.41 Å². The molecule has 0 radical (unpaired) electrons. The zero-order chi connectivity index (χ0) is 14.2. The zero-order valence-electron chi connectivity index (χ0n) is 11.0. The van der Waals surface area contributed by atoms with Crippen molar-refractivity contribution < 1.29 is 9.53 Å². The van der Waals surface area contributed by atoms with Gasteiger partial charge < -0.3 is 9.64 Å². The van der Waals surface area contributed by atoms with Crippen molar-refractivity contribution in [3.05, 3.63) is 28.2 Å². The van der Waals surface area contributed by atoms with Crippen LogP contribution in [0.1, 0.15) is 25.5 Å². The first-order valence-corrected chi connectivity index (χ1v) is 6.76. The van der Waals surface area contributed by atoms with Crippen LogP contribution < -0.4 is 10.1 Å². The number of methoxy groups -OCH3 is 1. The zero-order valence-corrected chi connectivity index (χ0v) is 12.6. The number of ether oxygens (including phenoxy) is 1. The minimum atomic E-state index is -0.366. The van der Waals surface area contributed by atoms with Gasteiger partial charge in [0.15, 0.2) is 0 Å². The van der Waals surface area contributed by atoms with Gasteiger partial charge in [-0.2, -0.15) is 0 Å². The third-order valence-corrected chi connectivity index (χ3v) is 3.70. The molecule has 1 saturated heterocycles. The van der Waals surface area contributed by atoms with Gasteiger partial charge in [-0.1, -0.05) is 6.07 Å². The first-order chi connectivity index (χ1) is 8.95. The van der Waals surface area contributed by atoms with E-state index in [0.717, 1.165) is 15.8 Å². The van der Waals surface area contributed by atoms with E-state index in [0.29, 0.717) is 0 Å². The summed E-state index contributed by atoms with van der Waals surface area (Å²) in [5.41, 5.74) is 0.879. The van der Waals surface area contributed by atoms with Crippen molar-refractivity contribution in [3.63, 3.8) is 0 Å². The Labute approximate surface area is 120 Å². The second kappa shape index (κ2) is 5.21. The van der Waals surface area contributed by atoms with Crippen molar-refractivity contribution in [1.82, 2.24) is 10.2 Å². The highest BCUT2D eigenvalue weighted by molar-refractivity contribution is 9.10. The SMILES string of the molecule is COc1ccc(C2C(=N)NC(=O)N2C(C)C)cc1Br. The van der Waals surface area contributed by atoms with E-state index in [1.54, 1.807) is 12.0 Å². The van der Waals surface area contributed by atoms with Gasteiger partial charge in [0.25, 0.3) is 0 Å². The molecular formula is C13H16BrN3O2. The minimum Gasteiger partial charge on any atom is -0.496 e. The molecule has 1 unspecified atom stereocenters. The first-order valence-electron chi connectivity index (χ1n) is 5.97. The third kappa shape index (κ3) is 2.45. The van der Waals surface area contributed by atoms with E-state index < -0.39 is 0 Å². The van der Waals surface area contributed by atoms with Crippen molar-refractivity contribution in [2.45, 2.75) is 25.9 Å². The fraction of sp³-hybridized carbons (Fsp3) is 0.385. The number of benzene rings is 1. The van der Waals surface area contributed by atoms with Crippen molar-refractivity contribution in [2.75, 3.05) is 7.11 Å². The van der Waals surface area contributed by atoms with Gasteiger partial charge in [0.05, 0.1) is 11.6 Å². The van der Waals surface area contributed by atoms with E-state index in [9.17, 15) is 4.79 Å². The summed E-state index contributed by atoms with van der Waals surface area (Å²) in [6.45, 7) is 3.87. The third-order valence-electron chi connectivity index (χ3n) is 3.08. The monoisotopic (exact) mass is 325 g/mol. The quantitative estimate of drug-likeness (QED) is 0.897. The van der Waals surface area contributed by atoms with Gasteiger partial charge in [0, 0.05) is 6.04 Å². The molecule has 0 spiro atoms. The number of halogens is 1. The number of urea groups is 1. The van der Waals surface area contributed by atoms with Crippen molar-refractivity contribution in [2.24, 2.45) is 0 Å². The normalized spacial score (nSPS) is 19.0. The van der Waals surface area contributed by atoms with Crippen LogP contribution >= 0.6 is 15.9 Å². The Morgan fingerprint density at radius 1 is 1.47 bits per heavy atom. The van der Waals surface area contributed by atoms with Gasteiger partial charge in [-0.3, -0.25) is 10.7 Å². The van der Waals surface area contributed by atoms with Crippen molar-refractivity contribution in [3.8, 4) is 5.75 Å². The predicted octanol–water partition coefficient (Wildman–Crippen LogP) is 2.91. The number of hydrogen-bond acceptors (Lipinski definition) is 3. The predicted molar refractivity (Wildman–Crippen MR) is 76.7 cm³/mol. The molecular weight excluding hydrogens is 310 g/mol. The molecule has 2 N–H and O–H groups in total. The molecule has 1 heterocycles.